The van der Waals surface area contributed by atoms with Crippen LogP contribution in [0.15, 0.2) is 60.9 Å². The Kier molecular flexibility index (Phi) is 7.33. The molecule has 0 saturated heterocycles. The van der Waals surface area contributed by atoms with Gasteiger partial charge in [-0.1, -0.05) is 24.3 Å². The Bertz CT molecular complexity index is 1460. The zero-order chi connectivity index (χ0) is 27.2. The van der Waals surface area contributed by atoms with E-state index in [4.69, 9.17) is 0 Å². The number of benzene rings is 1. The Morgan fingerprint density at radius 1 is 1.00 bits per heavy atom. The number of hydrogen-bond acceptors (Lipinski definition) is 5. The van der Waals surface area contributed by atoms with Crippen LogP contribution in [0.4, 0.5) is 13.2 Å². The number of aromatic nitrogens is 2. The quantitative estimate of drug-likeness (QED) is 0.286. The van der Waals surface area contributed by atoms with Crippen LogP contribution in [0.5, 0.6) is 0 Å². The standard InChI is InChI=1S/C27H28F3N3O2S2/c1-16-8-7-12-32-22(16)23(33-37(35)25(2,3)4)21-14-17-9-6-10-19(24(17)36-21)20-15-18(11-13-31-20)26(5,34)27(28,29)30/h6-15,23,33-34H,1-5H3/t23?,26-,37?/m1/s1. The van der Waals surface area contributed by atoms with Gasteiger partial charge in [0.2, 0.25) is 0 Å². The van der Waals surface area contributed by atoms with Crippen molar-refractivity contribution in [2.75, 3.05) is 0 Å². The third-order valence-corrected chi connectivity index (χ3v) is 8.91. The maximum absolute atomic E-state index is 13.5. The van der Waals surface area contributed by atoms with Gasteiger partial charge < -0.3 is 5.11 Å². The smallest absolute Gasteiger partial charge is 0.376 e. The van der Waals surface area contributed by atoms with Gasteiger partial charge in [0.1, 0.15) is 0 Å². The minimum absolute atomic E-state index is 0.289. The summed E-state index contributed by atoms with van der Waals surface area (Å²) in [5, 5.41) is 11.1. The summed E-state index contributed by atoms with van der Waals surface area (Å²) in [5.74, 6) is 0. The molecule has 0 fully saturated rings. The first-order valence-corrected chi connectivity index (χ1v) is 13.5. The summed E-state index contributed by atoms with van der Waals surface area (Å²) in [6.07, 6.45) is -1.88. The molecule has 1 aromatic carbocycles. The van der Waals surface area contributed by atoms with E-state index < -0.39 is 33.6 Å². The Labute approximate surface area is 220 Å². The van der Waals surface area contributed by atoms with Crippen LogP contribution >= 0.6 is 11.3 Å². The molecule has 0 aliphatic rings. The predicted octanol–water partition coefficient (Wildman–Crippen LogP) is 6.58. The molecular formula is C27H28F3N3O2S2. The third-order valence-electron chi connectivity index (χ3n) is 6.10. The van der Waals surface area contributed by atoms with Gasteiger partial charge in [0.15, 0.2) is 5.60 Å². The number of thiophene rings is 1. The number of alkyl halides is 3. The normalized spacial score (nSPS) is 15.9. The van der Waals surface area contributed by atoms with Gasteiger partial charge in [0, 0.05) is 27.5 Å². The maximum atomic E-state index is 13.5. The number of halogens is 3. The Hall–Kier alpha value is -2.66. The molecule has 5 nitrogen and oxygen atoms in total. The first kappa shape index (κ1) is 27.4. The molecule has 0 saturated carbocycles. The van der Waals surface area contributed by atoms with E-state index >= 15 is 0 Å². The van der Waals surface area contributed by atoms with Crippen molar-refractivity contribution in [1.29, 1.82) is 0 Å². The number of pyridine rings is 2. The fraction of sp³-hybridized carbons (Fsp3) is 0.333. The molecule has 0 amide bonds. The van der Waals surface area contributed by atoms with Crippen LogP contribution in [0.1, 0.15) is 55.4 Å². The molecule has 4 aromatic rings. The summed E-state index contributed by atoms with van der Waals surface area (Å²) in [6, 6.07) is 13.3. The van der Waals surface area contributed by atoms with Gasteiger partial charge >= 0.3 is 6.18 Å². The van der Waals surface area contributed by atoms with Crippen molar-refractivity contribution in [1.82, 2.24) is 14.7 Å². The average Bonchev–Trinajstić information content (AvgIpc) is 3.26. The van der Waals surface area contributed by atoms with Crippen molar-refractivity contribution in [2.24, 2.45) is 0 Å². The number of nitrogens with one attached hydrogen (secondary N) is 1. The minimum Gasteiger partial charge on any atom is -0.376 e. The van der Waals surface area contributed by atoms with Crippen molar-refractivity contribution in [3.05, 3.63) is 82.6 Å². The van der Waals surface area contributed by atoms with Gasteiger partial charge in [0.05, 0.1) is 33.2 Å². The second-order valence-electron chi connectivity index (χ2n) is 10.0. The van der Waals surface area contributed by atoms with Gasteiger partial charge in [-0.3, -0.25) is 9.97 Å². The number of hydrogen-bond donors (Lipinski definition) is 2. The number of fused-ring (bicyclic) bond motifs is 1. The van der Waals surface area contributed by atoms with Crippen molar-refractivity contribution < 1.29 is 22.5 Å². The van der Waals surface area contributed by atoms with Crippen molar-refractivity contribution in [3.8, 4) is 11.3 Å². The lowest BCUT2D eigenvalue weighted by atomic mass is 9.94. The molecule has 2 N–H and O–H groups in total. The van der Waals surface area contributed by atoms with Crippen molar-refractivity contribution in [3.63, 3.8) is 0 Å². The second-order valence-corrected chi connectivity index (χ2v) is 13.1. The highest BCUT2D eigenvalue weighted by atomic mass is 32.2. The number of rotatable bonds is 6. The summed E-state index contributed by atoms with van der Waals surface area (Å²) < 4.78 is 57.1. The van der Waals surface area contributed by atoms with Crippen molar-refractivity contribution >= 4 is 32.4 Å². The van der Waals surface area contributed by atoms with E-state index in [1.807, 2.05) is 58.0 Å². The lowest BCUT2D eigenvalue weighted by molar-refractivity contribution is -0.258. The molecule has 2 unspecified atom stereocenters. The molecule has 0 aliphatic carbocycles. The molecule has 3 aromatic heterocycles. The maximum Gasteiger partial charge on any atom is 0.421 e. The zero-order valence-electron chi connectivity index (χ0n) is 21.1. The average molecular weight is 548 g/mol. The fourth-order valence-electron chi connectivity index (χ4n) is 3.80. The van der Waals surface area contributed by atoms with Crippen LogP contribution in [0.3, 0.4) is 0 Å². The van der Waals surface area contributed by atoms with Crippen LogP contribution in [0.25, 0.3) is 21.3 Å². The van der Waals surface area contributed by atoms with Crippen molar-refractivity contribution in [2.45, 2.75) is 57.2 Å². The lowest BCUT2D eigenvalue weighted by Gasteiger charge is -2.26. The lowest BCUT2D eigenvalue weighted by Crippen LogP contribution is -2.39. The largest absolute Gasteiger partial charge is 0.421 e. The Balaban J connectivity index is 1.84. The highest BCUT2D eigenvalue weighted by Crippen LogP contribution is 2.42. The topological polar surface area (TPSA) is 75.1 Å². The summed E-state index contributed by atoms with van der Waals surface area (Å²) in [7, 11) is -1.39. The molecule has 37 heavy (non-hydrogen) atoms. The summed E-state index contributed by atoms with van der Waals surface area (Å²) in [4.78, 5) is 9.74. The third kappa shape index (κ3) is 5.47. The first-order chi connectivity index (χ1) is 17.2. The summed E-state index contributed by atoms with van der Waals surface area (Å²) >= 11 is 1.44. The van der Waals surface area contributed by atoms with E-state index in [0.29, 0.717) is 11.3 Å². The zero-order valence-corrected chi connectivity index (χ0v) is 22.7. The van der Waals surface area contributed by atoms with Gasteiger partial charge in [-0.15, -0.1) is 11.3 Å². The van der Waals surface area contributed by atoms with E-state index in [2.05, 4.69) is 14.7 Å². The number of aryl methyl sites for hydroxylation is 1. The minimum atomic E-state index is -4.84. The van der Waals surface area contributed by atoms with E-state index in [9.17, 15) is 22.5 Å². The molecule has 10 heteroatoms. The van der Waals surface area contributed by atoms with Crippen LogP contribution in [0, 0.1) is 6.92 Å². The monoisotopic (exact) mass is 547 g/mol. The second kappa shape index (κ2) is 9.90. The number of nitrogens with zero attached hydrogens (tertiary/aromatic N) is 2. The Morgan fingerprint density at radius 3 is 2.38 bits per heavy atom. The van der Waals surface area contributed by atoms with Crippen LogP contribution in [-0.2, 0) is 16.6 Å². The first-order valence-electron chi connectivity index (χ1n) is 11.6. The van der Waals surface area contributed by atoms with E-state index in [0.717, 1.165) is 33.1 Å². The van der Waals surface area contributed by atoms with Crippen LogP contribution in [-0.4, -0.2) is 30.2 Å². The molecule has 3 heterocycles. The van der Waals surface area contributed by atoms with Crippen LogP contribution < -0.4 is 4.72 Å². The molecular weight excluding hydrogens is 519 g/mol. The summed E-state index contributed by atoms with van der Waals surface area (Å²) in [6.45, 7) is 8.33. The van der Waals surface area contributed by atoms with E-state index in [1.165, 1.54) is 29.7 Å². The molecule has 0 bridgehead atoms. The van der Waals surface area contributed by atoms with E-state index in [-0.39, 0.29) is 5.56 Å². The van der Waals surface area contributed by atoms with Gasteiger partial charge in [-0.2, -0.15) is 13.2 Å². The van der Waals surface area contributed by atoms with Gasteiger partial charge in [-0.05, 0) is 75.4 Å². The highest BCUT2D eigenvalue weighted by Gasteiger charge is 2.51. The Morgan fingerprint density at radius 2 is 1.73 bits per heavy atom. The van der Waals surface area contributed by atoms with Gasteiger partial charge in [0.25, 0.3) is 0 Å². The highest BCUT2D eigenvalue weighted by molar-refractivity contribution is 7.84. The summed E-state index contributed by atoms with van der Waals surface area (Å²) in [5.41, 5.74) is -0.661. The number of aliphatic hydroxyl groups is 1. The molecule has 4 rings (SSSR count). The SMILES string of the molecule is Cc1cccnc1C(NS(=O)C(C)(C)C)c1cc2cccc(-c3cc([C@@](C)(O)C(F)(F)F)ccn3)c2s1. The predicted molar refractivity (Wildman–Crippen MR) is 143 cm³/mol. The molecule has 196 valence electrons. The molecule has 0 aliphatic heterocycles. The van der Waals surface area contributed by atoms with Crippen LogP contribution in [0.2, 0.25) is 0 Å². The van der Waals surface area contributed by atoms with E-state index in [1.54, 1.807) is 12.3 Å². The molecule has 3 atom stereocenters. The fourth-order valence-corrected chi connectivity index (χ4v) is 5.92. The van der Waals surface area contributed by atoms with Gasteiger partial charge in [-0.25, -0.2) is 8.93 Å². The molecule has 0 spiro atoms. The molecule has 0 radical (unpaired) electrons.